The van der Waals surface area contributed by atoms with E-state index in [1.807, 2.05) is 11.8 Å². The van der Waals surface area contributed by atoms with Crippen molar-refractivity contribution >= 4 is 5.69 Å². The van der Waals surface area contributed by atoms with Gasteiger partial charge >= 0.3 is 6.18 Å². The molecule has 1 N–H and O–H groups in total. The van der Waals surface area contributed by atoms with E-state index in [1.165, 1.54) is 6.07 Å². The Bertz CT molecular complexity index is 403. The molecular weight excluding hydrogens is 241 g/mol. The van der Waals surface area contributed by atoms with Gasteiger partial charge in [0, 0.05) is 31.4 Å². The van der Waals surface area contributed by atoms with Crippen molar-refractivity contribution in [2.75, 3.05) is 24.5 Å². The first-order valence-electron chi connectivity index (χ1n) is 6.17. The Morgan fingerprint density at radius 2 is 2.06 bits per heavy atom. The van der Waals surface area contributed by atoms with Crippen LogP contribution >= 0.6 is 0 Å². The molecule has 0 bridgehead atoms. The van der Waals surface area contributed by atoms with Crippen molar-refractivity contribution in [3.8, 4) is 0 Å². The van der Waals surface area contributed by atoms with Crippen LogP contribution in [0.15, 0.2) is 24.3 Å². The second-order valence-corrected chi connectivity index (χ2v) is 4.52. The van der Waals surface area contributed by atoms with Crippen LogP contribution in [-0.4, -0.2) is 25.7 Å². The van der Waals surface area contributed by atoms with Gasteiger partial charge in [-0.3, -0.25) is 0 Å². The van der Waals surface area contributed by atoms with Crippen molar-refractivity contribution < 1.29 is 13.2 Å². The molecule has 0 amide bonds. The molecule has 1 fully saturated rings. The molecule has 2 nitrogen and oxygen atoms in total. The van der Waals surface area contributed by atoms with E-state index in [0.717, 1.165) is 19.0 Å². The van der Waals surface area contributed by atoms with Gasteiger partial charge in [0.05, 0.1) is 5.56 Å². The van der Waals surface area contributed by atoms with Crippen molar-refractivity contribution in [1.82, 2.24) is 5.32 Å². The van der Waals surface area contributed by atoms with Gasteiger partial charge < -0.3 is 10.2 Å². The number of rotatable bonds is 2. The molecule has 18 heavy (non-hydrogen) atoms. The minimum absolute atomic E-state index is 0.264. The smallest absolute Gasteiger partial charge is 0.368 e. The van der Waals surface area contributed by atoms with Crippen molar-refractivity contribution in [3.05, 3.63) is 29.8 Å². The molecule has 100 valence electrons. The first-order valence-corrected chi connectivity index (χ1v) is 6.17. The lowest BCUT2D eigenvalue weighted by Crippen LogP contribution is -2.50. The molecule has 1 atom stereocenters. The van der Waals surface area contributed by atoms with Gasteiger partial charge in [-0.1, -0.05) is 19.1 Å². The van der Waals surface area contributed by atoms with Gasteiger partial charge in [-0.25, -0.2) is 0 Å². The maximum atomic E-state index is 12.9. The van der Waals surface area contributed by atoms with Gasteiger partial charge in [-0.2, -0.15) is 13.2 Å². The normalized spacial score (nSPS) is 21.1. The van der Waals surface area contributed by atoms with Crippen LogP contribution in [-0.2, 0) is 6.18 Å². The van der Waals surface area contributed by atoms with Crippen LogP contribution in [0.5, 0.6) is 0 Å². The minimum atomic E-state index is -4.29. The average molecular weight is 258 g/mol. The van der Waals surface area contributed by atoms with E-state index in [2.05, 4.69) is 5.32 Å². The van der Waals surface area contributed by atoms with E-state index in [-0.39, 0.29) is 6.04 Å². The molecule has 1 heterocycles. The van der Waals surface area contributed by atoms with Gasteiger partial charge in [0.15, 0.2) is 0 Å². The summed E-state index contributed by atoms with van der Waals surface area (Å²) in [5.41, 5.74) is -0.244. The molecule has 1 aliphatic rings. The molecule has 1 saturated heterocycles. The zero-order valence-corrected chi connectivity index (χ0v) is 10.3. The van der Waals surface area contributed by atoms with E-state index in [9.17, 15) is 13.2 Å². The number of alkyl halides is 3. The molecule has 0 radical (unpaired) electrons. The number of piperazine rings is 1. The summed E-state index contributed by atoms with van der Waals surface area (Å²) in [4.78, 5) is 1.83. The number of anilines is 1. The van der Waals surface area contributed by atoms with Crippen LogP contribution < -0.4 is 10.2 Å². The number of para-hydroxylation sites is 1. The highest BCUT2D eigenvalue weighted by Gasteiger charge is 2.35. The molecule has 5 heteroatoms. The van der Waals surface area contributed by atoms with E-state index < -0.39 is 11.7 Å². The van der Waals surface area contributed by atoms with Gasteiger partial charge in [0.2, 0.25) is 0 Å². The molecule has 1 aromatic rings. The Morgan fingerprint density at radius 1 is 1.33 bits per heavy atom. The van der Waals surface area contributed by atoms with E-state index in [4.69, 9.17) is 0 Å². The first-order chi connectivity index (χ1) is 8.52. The third kappa shape index (κ3) is 2.77. The van der Waals surface area contributed by atoms with Crippen molar-refractivity contribution in [2.24, 2.45) is 0 Å². The predicted octanol–water partition coefficient (Wildman–Crippen LogP) is 2.89. The molecular formula is C13H17F3N2. The quantitative estimate of drug-likeness (QED) is 0.877. The summed E-state index contributed by atoms with van der Waals surface area (Å²) in [7, 11) is 0. The summed E-state index contributed by atoms with van der Waals surface area (Å²) >= 11 is 0. The third-order valence-corrected chi connectivity index (χ3v) is 3.30. The van der Waals surface area contributed by atoms with Crippen LogP contribution in [0, 0.1) is 0 Å². The second-order valence-electron chi connectivity index (χ2n) is 4.52. The van der Waals surface area contributed by atoms with Crippen LogP contribution in [0.3, 0.4) is 0 Å². The largest absolute Gasteiger partial charge is 0.418 e. The molecule has 0 saturated carbocycles. The fourth-order valence-corrected chi connectivity index (χ4v) is 2.31. The second kappa shape index (κ2) is 5.18. The summed E-state index contributed by atoms with van der Waals surface area (Å²) < 4.78 is 38.8. The highest BCUT2D eigenvalue weighted by atomic mass is 19.4. The number of halogens is 3. The summed E-state index contributed by atoms with van der Waals surface area (Å²) in [6.45, 7) is 4.01. The SMILES string of the molecule is CCC1CN(c2ccccc2C(F)(F)F)CCN1. The summed E-state index contributed by atoms with van der Waals surface area (Å²) in [6.07, 6.45) is -3.37. The molecule has 1 aromatic carbocycles. The maximum absolute atomic E-state index is 12.9. The monoisotopic (exact) mass is 258 g/mol. The van der Waals surface area contributed by atoms with Gasteiger partial charge in [-0.05, 0) is 18.6 Å². The Hall–Kier alpha value is -1.23. The van der Waals surface area contributed by atoms with E-state index >= 15 is 0 Å². The number of hydrogen-bond acceptors (Lipinski definition) is 2. The zero-order valence-electron chi connectivity index (χ0n) is 10.3. The molecule has 2 rings (SSSR count). The number of benzene rings is 1. The number of nitrogens with zero attached hydrogens (tertiary/aromatic N) is 1. The van der Waals surface area contributed by atoms with Crippen LogP contribution in [0.25, 0.3) is 0 Å². The fourth-order valence-electron chi connectivity index (χ4n) is 2.31. The first kappa shape index (κ1) is 13.2. The average Bonchev–Trinajstić information content (AvgIpc) is 2.38. The summed E-state index contributed by atoms with van der Waals surface area (Å²) in [6, 6.07) is 6.07. The lowest BCUT2D eigenvalue weighted by atomic mass is 10.1. The zero-order chi connectivity index (χ0) is 13.2. The fraction of sp³-hybridized carbons (Fsp3) is 0.538. The lowest BCUT2D eigenvalue weighted by molar-refractivity contribution is -0.137. The van der Waals surface area contributed by atoms with Gasteiger partial charge in [0.1, 0.15) is 0 Å². The third-order valence-electron chi connectivity index (χ3n) is 3.30. The van der Waals surface area contributed by atoms with Crippen LogP contribution in [0.4, 0.5) is 18.9 Å². The Kier molecular flexibility index (Phi) is 3.80. The highest BCUT2D eigenvalue weighted by molar-refractivity contribution is 5.55. The topological polar surface area (TPSA) is 15.3 Å². The van der Waals surface area contributed by atoms with Gasteiger partial charge in [0.25, 0.3) is 0 Å². The Balaban J connectivity index is 2.27. The Labute approximate surface area is 105 Å². The summed E-state index contributed by atoms with van der Waals surface area (Å²) in [5, 5.41) is 3.30. The van der Waals surface area contributed by atoms with Crippen molar-refractivity contribution in [2.45, 2.75) is 25.6 Å². The number of hydrogen-bond donors (Lipinski definition) is 1. The molecule has 1 aliphatic heterocycles. The molecule has 0 aliphatic carbocycles. The molecule has 0 spiro atoms. The summed E-state index contributed by atoms with van der Waals surface area (Å²) in [5.74, 6) is 0. The van der Waals surface area contributed by atoms with Crippen molar-refractivity contribution in [3.63, 3.8) is 0 Å². The highest BCUT2D eigenvalue weighted by Crippen LogP contribution is 2.36. The molecule has 1 unspecified atom stereocenters. The predicted molar refractivity (Wildman–Crippen MR) is 65.7 cm³/mol. The lowest BCUT2D eigenvalue weighted by Gasteiger charge is -2.36. The van der Waals surface area contributed by atoms with E-state index in [0.29, 0.717) is 18.8 Å². The minimum Gasteiger partial charge on any atom is -0.368 e. The molecule has 0 aromatic heterocycles. The number of nitrogens with one attached hydrogen (secondary N) is 1. The maximum Gasteiger partial charge on any atom is 0.418 e. The van der Waals surface area contributed by atoms with Gasteiger partial charge in [-0.15, -0.1) is 0 Å². The van der Waals surface area contributed by atoms with Crippen LogP contribution in [0.2, 0.25) is 0 Å². The van der Waals surface area contributed by atoms with Crippen LogP contribution in [0.1, 0.15) is 18.9 Å². The Morgan fingerprint density at radius 3 is 2.72 bits per heavy atom. The van der Waals surface area contributed by atoms with Crippen molar-refractivity contribution in [1.29, 1.82) is 0 Å². The standard InChI is InChI=1S/C13H17F3N2/c1-2-10-9-18(8-7-17-10)12-6-4-3-5-11(12)13(14,15)16/h3-6,10,17H,2,7-9H2,1H3. The van der Waals surface area contributed by atoms with E-state index in [1.54, 1.807) is 12.1 Å².